The summed E-state index contributed by atoms with van der Waals surface area (Å²) < 4.78 is 1.74. The predicted octanol–water partition coefficient (Wildman–Crippen LogP) is 1.38. The van der Waals surface area contributed by atoms with Gasteiger partial charge in [-0.25, -0.2) is 4.79 Å². The van der Waals surface area contributed by atoms with Crippen LogP contribution in [0.2, 0.25) is 0 Å². The second-order valence-electron chi connectivity index (χ2n) is 4.60. The fraction of sp³-hybridized carbons (Fsp3) is 0.667. The number of nitrogens with zero attached hydrogens (tertiary/aromatic N) is 3. The van der Waals surface area contributed by atoms with Gasteiger partial charge >= 0.3 is 5.97 Å². The van der Waals surface area contributed by atoms with Crippen LogP contribution in [0.15, 0.2) is 6.20 Å². The SMILES string of the molecule is Cc1nn(CCCN2CCCC2)cc1C(=O)O. The Labute approximate surface area is 101 Å². The number of hydrogen-bond donors (Lipinski definition) is 1. The van der Waals surface area contributed by atoms with E-state index in [1.807, 2.05) is 0 Å². The molecule has 0 aromatic carbocycles. The first-order chi connectivity index (χ1) is 8.16. The summed E-state index contributed by atoms with van der Waals surface area (Å²) in [6.07, 6.45) is 5.27. The third kappa shape index (κ3) is 3.06. The molecule has 1 fully saturated rings. The van der Waals surface area contributed by atoms with Crippen LogP contribution in [0, 0.1) is 6.92 Å². The van der Waals surface area contributed by atoms with Crippen LogP contribution in [0.3, 0.4) is 0 Å². The second-order valence-corrected chi connectivity index (χ2v) is 4.60. The third-order valence-corrected chi connectivity index (χ3v) is 3.24. The molecular weight excluding hydrogens is 218 g/mol. The molecule has 1 aromatic heterocycles. The van der Waals surface area contributed by atoms with E-state index in [4.69, 9.17) is 5.11 Å². The van der Waals surface area contributed by atoms with Crippen LogP contribution >= 0.6 is 0 Å². The maximum absolute atomic E-state index is 10.9. The van der Waals surface area contributed by atoms with Crippen LogP contribution in [0.5, 0.6) is 0 Å². The minimum atomic E-state index is -0.895. The van der Waals surface area contributed by atoms with Crippen molar-refractivity contribution in [3.63, 3.8) is 0 Å². The van der Waals surface area contributed by atoms with Crippen LogP contribution in [0.4, 0.5) is 0 Å². The Bertz CT molecular complexity index is 394. The molecule has 5 nitrogen and oxygen atoms in total. The summed E-state index contributed by atoms with van der Waals surface area (Å²) in [4.78, 5) is 13.3. The first-order valence-corrected chi connectivity index (χ1v) is 6.16. The van der Waals surface area contributed by atoms with Crippen molar-refractivity contribution in [3.05, 3.63) is 17.5 Å². The van der Waals surface area contributed by atoms with Gasteiger partial charge in [0.25, 0.3) is 0 Å². The Morgan fingerprint density at radius 2 is 2.12 bits per heavy atom. The zero-order valence-corrected chi connectivity index (χ0v) is 10.2. The maximum atomic E-state index is 10.9. The van der Waals surface area contributed by atoms with Gasteiger partial charge in [-0.05, 0) is 45.8 Å². The first-order valence-electron chi connectivity index (χ1n) is 6.16. The molecule has 5 heteroatoms. The minimum absolute atomic E-state index is 0.311. The summed E-state index contributed by atoms with van der Waals surface area (Å²) >= 11 is 0. The van der Waals surface area contributed by atoms with Gasteiger partial charge in [-0.15, -0.1) is 0 Å². The van der Waals surface area contributed by atoms with E-state index in [9.17, 15) is 4.79 Å². The zero-order chi connectivity index (χ0) is 12.3. The maximum Gasteiger partial charge on any atom is 0.339 e. The number of carboxylic acid groups (broad SMARTS) is 1. The Kier molecular flexibility index (Phi) is 3.78. The first kappa shape index (κ1) is 12.1. The molecule has 1 aliphatic heterocycles. The molecule has 1 aromatic rings. The van der Waals surface area contributed by atoms with Gasteiger partial charge in [0.15, 0.2) is 0 Å². The normalized spacial score (nSPS) is 16.5. The van der Waals surface area contributed by atoms with E-state index in [0.29, 0.717) is 11.3 Å². The molecule has 0 unspecified atom stereocenters. The molecule has 17 heavy (non-hydrogen) atoms. The fourth-order valence-corrected chi connectivity index (χ4v) is 2.30. The molecule has 0 spiro atoms. The molecule has 1 aliphatic rings. The van der Waals surface area contributed by atoms with Gasteiger partial charge in [0.05, 0.1) is 5.69 Å². The Morgan fingerprint density at radius 3 is 2.71 bits per heavy atom. The molecule has 0 aliphatic carbocycles. The van der Waals surface area contributed by atoms with Gasteiger partial charge in [0.2, 0.25) is 0 Å². The second kappa shape index (κ2) is 5.31. The largest absolute Gasteiger partial charge is 0.478 e. The quantitative estimate of drug-likeness (QED) is 0.840. The van der Waals surface area contributed by atoms with Crippen molar-refractivity contribution < 1.29 is 9.90 Å². The lowest BCUT2D eigenvalue weighted by Gasteiger charge is -2.13. The topological polar surface area (TPSA) is 58.4 Å². The Hall–Kier alpha value is -1.36. The highest BCUT2D eigenvalue weighted by molar-refractivity contribution is 5.88. The van der Waals surface area contributed by atoms with E-state index in [1.54, 1.807) is 17.8 Å². The summed E-state index contributed by atoms with van der Waals surface area (Å²) in [5.41, 5.74) is 0.907. The molecule has 0 amide bonds. The van der Waals surface area contributed by atoms with Gasteiger partial charge in [-0.3, -0.25) is 4.68 Å². The number of likely N-dealkylation sites (tertiary alicyclic amines) is 1. The summed E-state index contributed by atoms with van der Waals surface area (Å²) in [7, 11) is 0. The molecule has 1 N–H and O–H groups in total. The molecule has 2 heterocycles. The van der Waals surface area contributed by atoms with Gasteiger partial charge in [-0.2, -0.15) is 5.10 Å². The van der Waals surface area contributed by atoms with E-state index in [2.05, 4.69) is 10.00 Å². The van der Waals surface area contributed by atoms with Crippen LogP contribution in [0.1, 0.15) is 35.3 Å². The van der Waals surface area contributed by atoms with Crippen molar-refractivity contribution >= 4 is 5.97 Å². The van der Waals surface area contributed by atoms with E-state index >= 15 is 0 Å². The van der Waals surface area contributed by atoms with Crippen molar-refractivity contribution in [2.75, 3.05) is 19.6 Å². The minimum Gasteiger partial charge on any atom is -0.478 e. The molecule has 0 bridgehead atoms. The molecule has 0 radical (unpaired) electrons. The highest BCUT2D eigenvalue weighted by Gasteiger charge is 2.13. The number of hydrogen-bond acceptors (Lipinski definition) is 3. The van der Waals surface area contributed by atoms with Crippen molar-refractivity contribution in [1.29, 1.82) is 0 Å². The lowest BCUT2D eigenvalue weighted by Crippen LogP contribution is -2.21. The van der Waals surface area contributed by atoms with Crippen LogP contribution < -0.4 is 0 Å². The lowest BCUT2D eigenvalue weighted by atomic mass is 10.3. The standard InChI is InChI=1S/C12H19N3O2/c1-10-11(12(16)17)9-15(13-10)8-4-7-14-5-2-3-6-14/h9H,2-8H2,1H3,(H,16,17). The van der Waals surface area contributed by atoms with Gasteiger partial charge < -0.3 is 10.0 Å². The number of aromatic carboxylic acids is 1. The predicted molar refractivity (Wildman–Crippen MR) is 64.2 cm³/mol. The summed E-state index contributed by atoms with van der Waals surface area (Å²) in [5, 5.41) is 13.1. The summed E-state index contributed by atoms with van der Waals surface area (Å²) in [6.45, 7) is 6.03. The Balaban J connectivity index is 1.82. The smallest absolute Gasteiger partial charge is 0.339 e. The fourth-order valence-electron chi connectivity index (χ4n) is 2.30. The highest BCUT2D eigenvalue weighted by Crippen LogP contribution is 2.09. The van der Waals surface area contributed by atoms with Crippen molar-refractivity contribution in [3.8, 4) is 0 Å². The summed E-state index contributed by atoms with van der Waals surface area (Å²) in [6, 6.07) is 0. The molecular formula is C12H19N3O2. The van der Waals surface area contributed by atoms with E-state index in [0.717, 1.165) is 19.5 Å². The van der Waals surface area contributed by atoms with Crippen LogP contribution in [-0.2, 0) is 6.54 Å². The highest BCUT2D eigenvalue weighted by atomic mass is 16.4. The van der Waals surface area contributed by atoms with Gasteiger partial charge in [0, 0.05) is 12.7 Å². The van der Waals surface area contributed by atoms with Crippen molar-refractivity contribution in [1.82, 2.24) is 14.7 Å². The van der Waals surface area contributed by atoms with Crippen molar-refractivity contribution in [2.24, 2.45) is 0 Å². The molecule has 1 saturated heterocycles. The lowest BCUT2D eigenvalue weighted by molar-refractivity contribution is 0.0696. The summed E-state index contributed by atoms with van der Waals surface area (Å²) in [5.74, 6) is -0.895. The molecule has 94 valence electrons. The molecule has 0 atom stereocenters. The van der Waals surface area contributed by atoms with Gasteiger partial charge in [-0.1, -0.05) is 0 Å². The van der Waals surface area contributed by atoms with Gasteiger partial charge in [0.1, 0.15) is 5.56 Å². The van der Waals surface area contributed by atoms with E-state index in [-0.39, 0.29) is 0 Å². The van der Waals surface area contributed by atoms with Crippen molar-refractivity contribution in [2.45, 2.75) is 32.7 Å². The number of rotatable bonds is 5. The number of carbonyl (C=O) groups is 1. The van der Waals surface area contributed by atoms with E-state index in [1.165, 1.54) is 25.9 Å². The third-order valence-electron chi connectivity index (χ3n) is 3.24. The number of aryl methyl sites for hydroxylation is 2. The van der Waals surface area contributed by atoms with Crippen LogP contribution in [-0.4, -0.2) is 45.4 Å². The number of carboxylic acids is 1. The molecule has 0 saturated carbocycles. The average Bonchev–Trinajstić information content (AvgIpc) is 2.88. The number of aromatic nitrogens is 2. The Morgan fingerprint density at radius 1 is 1.41 bits per heavy atom. The van der Waals surface area contributed by atoms with Crippen LogP contribution in [0.25, 0.3) is 0 Å². The molecule has 2 rings (SSSR count). The monoisotopic (exact) mass is 237 g/mol. The zero-order valence-electron chi connectivity index (χ0n) is 10.2. The van der Waals surface area contributed by atoms with E-state index < -0.39 is 5.97 Å². The average molecular weight is 237 g/mol.